The van der Waals surface area contributed by atoms with Gasteiger partial charge in [-0.05, 0) is 47.2 Å². The predicted molar refractivity (Wildman–Crippen MR) is 91.1 cm³/mol. The van der Waals surface area contributed by atoms with Crippen molar-refractivity contribution in [2.24, 2.45) is 0 Å². The number of hydrogen-bond donors (Lipinski definition) is 0. The summed E-state index contributed by atoms with van der Waals surface area (Å²) < 4.78 is 0. The van der Waals surface area contributed by atoms with Crippen molar-refractivity contribution in [2.75, 3.05) is 0 Å². The number of hydrogen-bond acceptors (Lipinski definition) is 0. The molecule has 0 saturated carbocycles. The first kappa shape index (κ1) is 17.1. The Balaban J connectivity index is 0.000000200. The molecule has 2 aromatic carbocycles. The minimum absolute atomic E-state index is 0.568. The summed E-state index contributed by atoms with van der Waals surface area (Å²) in [6, 6.07) is 16.0. The quantitative estimate of drug-likeness (QED) is 0.564. The van der Waals surface area contributed by atoms with Gasteiger partial charge in [0.15, 0.2) is 0 Å². The molecule has 2 rings (SSSR count). The fraction of sp³-hybridized carbons (Fsp3) is 0.333. The zero-order valence-corrected chi connectivity index (χ0v) is 14.0. The monoisotopic (exact) mass is 308 g/mol. The maximum absolute atomic E-state index is 5.79. The van der Waals surface area contributed by atoms with Crippen molar-refractivity contribution in [1.29, 1.82) is 0 Å². The van der Waals surface area contributed by atoms with E-state index in [1.165, 1.54) is 11.1 Å². The van der Waals surface area contributed by atoms with E-state index in [4.69, 9.17) is 23.2 Å². The lowest BCUT2D eigenvalue weighted by molar-refractivity contribution is 0.867. The van der Waals surface area contributed by atoms with Crippen molar-refractivity contribution in [1.82, 2.24) is 0 Å². The maximum atomic E-state index is 5.79. The van der Waals surface area contributed by atoms with Crippen molar-refractivity contribution in [3.8, 4) is 0 Å². The van der Waals surface area contributed by atoms with E-state index in [1.807, 2.05) is 36.4 Å². The first-order chi connectivity index (χ1) is 9.40. The van der Waals surface area contributed by atoms with Crippen LogP contribution in [0.5, 0.6) is 0 Å². The van der Waals surface area contributed by atoms with E-state index in [0.29, 0.717) is 11.8 Å². The molecule has 20 heavy (non-hydrogen) atoms. The van der Waals surface area contributed by atoms with E-state index in [2.05, 4.69) is 39.8 Å². The van der Waals surface area contributed by atoms with Gasteiger partial charge in [0.2, 0.25) is 0 Å². The van der Waals surface area contributed by atoms with Crippen molar-refractivity contribution >= 4 is 23.2 Å². The summed E-state index contributed by atoms with van der Waals surface area (Å²) in [5, 5.41) is 1.65. The van der Waals surface area contributed by atoms with Crippen LogP contribution in [0, 0.1) is 0 Å². The molecule has 0 N–H and O–H groups in total. The molecule has 108 valence electrons. The maximum Gasteiger partial charge on any atom is 0.0408 e. The second-order valence-electron chi connectivity index (χ2n) is 5.42. The van der Waals surface area contributed by atoms with E-state index in [1.54, 1.807) is 0 Å². The Morgan fingerprint density at radius 1 is 0.650 bits per heavy atom. The van der Waals surface area contributed by atoms with E-state index in [0.717, 1.165) is 10.0 Å². The van der Waals surface area contributed by atoms with Gasteiger partial charge in [-0.3, -0.25) is 0 Å². The van der Waals surface area contributed by atoms with Gasteiger partial charge in [0.05, 0.1) is 0 Å². The molecular weight excluding hydrogens is 287 g/mol. The van der Waals surface area contributed by atoms with Crippen LogP contribution >= 0.6 is 23.2 Å². The van der Waals surface area contributed by atoms with Crippen LogP contribution in [-0.2, 0) is 0 Å². The van der Waals surface area contributed by atoms with Crippen LogP contribution in [0.2, 0.25) is 10.0 Å². The smallest absolute Gasteiger partial charge is 0.0408 e. The molecule has 0 spiro atoms. The van der Waals surface area contributed by atoms with Gasteiger partial charge in [-0.1, -0.05) is 75.2 Å². The van der Waals surface area contributed by atoms with Crippen LogP contribution in [0.15, 0.2) is 48.5 Å². The second-order valence-corrected chi connectivity index (χ2v) is 6.29. The lowest BCUT2D eigenvalue weighted by Gasteiger charge is -2.03. The molecule has 0 radical (unpaired) electrons. The molecule has 0 fully saturated rings. The Morgan fingerprint density at radius 2 is 1.00 bits per heavy atom. The minimum atomic E-state index is 0.568. The van der Waals surface area contributed by atoms with Crippen LogP contribution in [0.1, 0.15) is 50.7 Å². The molecule has 0 amide bonds. The third-order valence-corrected chi connectivity index (χ3v) is 3.50. The van der Waals surface area contributed by atoms with Crippen molar-refractivity contribution in [2.45, 2.75) is 39.5 Å². The highest BCUT2D eigenvalue weighted by atomic mass is 35.5. The third kappa shape index (κ3) is 5.98. The van der Waals surface area contributed by atoms with E-state index < -0.39 is 0 Å². The first-order valence-electron chi connectivity index (χ1n) is 6.91. The van der Waals surface area contributed by atoms with Crippen molar-refractivity contribution in [3.63, 3.8) is 0 Å². The minimum Gasteiger partial charge on any atom is -0.0843 e. The number of rotatable bonds is 2. The summed E-state index contributed by atoms with van der Waals surface area (Å²) in [7, 11) is 0. The van der Waals surface area contributed by atoms with Gasteiger partial charge in [-0.25, -0.2) is 0 Å². The first-order valence-corrected chi connectivity index (χ1v) is 7.66. The van der Waals surface area contributed by atoms with E-state index in [-0.39, 0.29) is 0 Å². The Bertz CT molecular complexity index is 481. The van der Waals surface area contributed by atoms with Crippen LogP contribution in [0.3, 0.4) is 0 Å². The summed E-state index contributed by atoms with van der Waals surface area (Å²) in [5.41, 5.74) is 2.60. The third-order valence-electron chi connectivity index (χ3n) is 3.03. The Morgan fingerprint density at radius 3 is 1.20 bits per heavy atom. The molecule has 0 bridgehead atoms. The molecular formula is C18H22Cl2. The van der Waals surface area contributed by atoms with Gasteiger partial charge in [-0.15, -0.1) is 0 Å². The van der Waals surface area contributed by atoms with Gasteiger partial charge in [0, 0.05) is 10.0 Å². The van der Waals surface area contributed by atoms with Crippen LogP contribution in [0.25, 0.3) is 0 Å². The SMILES string of the molecule is CC(C)c1cccc(Cl)c1.CC(C)c1cccc(Cl)c1. The standard InChI is InChI=1S/2C9H11Cl/c2*1-7(2)8-4-3-5-9(10)6-8/h2*3-7H,1-2H3. The summed E-state index contributed by atoms with van der Waals surface area (Å²) in [6.07, 6.45) is 0. The second kappa shape index (κ2) is 8.34. The largest absolute Gasteiger partial charge is 0.0843 e. The lowest BCUT2D eigenvalue weighted by atomic mass is 10.0. The average Bonchev–Trinajstić information content (AvgIpc) is 2.39. The zero-order valence-electron chi connectivity index (χ0n) is 12.5. The van der Waals surface area contributed by atoms with Crippen LogP contribution in [0.4, 0.5) is 0 Å². The fourth-order valence-electron chi connectivity index (χ4n) is 1.73. The van der Waals surface area contributed by atoms with Gasteiger partial charge in [0.1, 0.15) is 0 Å². The molecule has 0 aliphatic rings. The molecule has 2 heteroatoms. The van der Waals surface area contributed by atoms with Crippen LogP contribution < -0.4 is 0 Å². The fourth-order valence-corrected chi connectivity index (χ4v) is 2.13. The number of benzene rings is 2. The topological polar surface area (TPSA) is 0 Å². The van der Waals surface area contributed by atoms with Gasteiger partial charge in [0.25, 0.3) is 0 Å². The Labute approximate surface area is 132 Å². The highest BCUT2D eigenvalue weighted by molar-refractivity contribution is 6.30. The van der Waals surface area contributed by atoms with E-state index >= 15 is 0 Å². The molecule has 0 saturated heterocycles. The van der Waals surface area contributed by atoms with Crippen molar-refractivity contribution < 1.29 is 0 Å². The zero-order chi connectivity index (χ0) is 15.1. The molecule has 2 aromatic rings. The molecule has 0 unspecified atom stereocenters. The molecule has 0 nitrogen and oxygen atoms in total. The summed E-state index contributed by atoms with van der Waals surface area (Å²) in [6.45, 7) is 8.63. The van der Waals surface area contributed by atoms with Gasteiger partial charge in [-0.2, -0.15) is 0 Å². The highest BCUT2D eigenvalue weighted by Gasteiger charge is 1.97. The molecule has 0 heterocycles. The van der Waals surface area contributed by atoms with Crippen LogP contribution in [-0.4, -0.2) is 0 Å². The Kier molecular flexibility index (Phi) is 7.12. The normalized spacial score (nSPS) is 10.4. The van der Waals surface area contributed by atoms with E-state index in [9.17, 15) is 0 Å². The predicted octanol–water partition coefficient (Wildman–Crippen LogP) is 6.93. The summed E-state index contributed by atoms with van der Waals surface area (Å²) >= 11 is 11.6. The van der Waals surface area contributed by atoms with Gasteiger partial charge >= 0.3 is 0 Å². The Hall–Kier alpha value is -0.980. The average molecular weight is 309 g/mol. The summed E-state index contributed by atoms with van der Waals surface area (Å²) in [4.78, 5) is 0. The van der Waals surface area contributed by atoms with Crippen molar-refractivity contribution in [3.05, 3.63) is 69.7 Å². The molecule has 0 aliphatic heterocycles. The molecule has 0 aliphatic carbocycles. The molecule has 0 atom stereocenters. The highest BCUT2D eigenvalue weighted by Crippen LogP contribution is 2.18. The van der Waals surface area contributed by atoms with Gasteiger partial charge < -0.3 is 0 Å². The molecule has 0 aromatic heterocycles. The lowest BCUT2D eigenvalue weighted by Crippen LogP contribution is -1.84. The number of halogens is 2. The summed E-state index contributed by atoms with van der Waals surface area (Å²) in [5.74, 6) is 1.14.